The van der Waals surface area contributed by atoms with Gasteiger partial charge in [0.25, 0.3) is 0 Å². The Morgan fingerprint density at radius 3 is 1.50 bits per heavy atom. The Morgan fingerprint density at radius 2 is 1.08 bits per heavy atom. The van der Waals surface area contributed by atoms with E-state index in [0.29, 0.717) is 0 Å². The zero-order valence-electron chi connectivity index (χ0n) is 12.3. The number of nitrogens with zero attached hydrogens (tertiary/aromatic N) is 4. The topological polar surface area (TPSA) is 213 Å². The zero-order chi connectivity index (χ0) is 19.8. The number of rotatable bonds is 5. The first-order chi connectivity index (χ1) is 12.1. The second-order valence-corrected chi connectivity index (χ2v) is 4.66. The van der Waals surface area contributed by atoms with Gasteiger partial charge in [-0.1, -0.05) is 18.2 Å². The Kier molecular flexibility index (Phi) is 4.34. The van der Waals surface area contributed by atoms with Crippen LogP contribution in [-0.2, 0) is 0 Å². The van der Waals surface area contributed by atoms with Crippen molar-refractivity contribution in [2.24, 2.45) is 0 Å². The second-order valence-electron chi connectivity index (χ2n) is 4.66. The van der Waals surface area contributed by atoms with Crippen LogP contribution in [0.3, 0.4) is 0 Å². The van der Waals surface area contributed by atoms with Gasteiger partial charge in [-0.25, -0.2) is 0 Å². The molecule has 14 nitrogen and oxygen atoms in total. The SMILES string of the molecule is O=[N+]([O-])c1c(O)c(-c2ccccc2O)c([N+](=O)[O-])c([N+](=O)[O-])c1[N+](=O)[O-]. The second kappa shape index (κ2) is 6.27. The van der Waals surface area contributed by atoms with Gasteiger partial charge >= 0.3 is 22.7 Å². The number of benzene rings is 2. The first kappa shape index (κ1) is 18.0. The summed E-state index contributed by atoms with van der Waals surface area (Å²) in [5, 5.41) is 64.8. The maximum absolute atomic E-state index is 11.4. The molecule has 2 aromatic rings. The summed E-state index contributed by atoms with van der Waals surface area (Å²) in [6, 6.07) is 4.47. The molecule has 0 aliphatic carbocycles. The Hall–Kier alpha value is -4.36. The van der Waals surface area contributed by atoms with Crippen LogP contribution in [0.1, 0.15) is 0 Å². The molecule has 0 spiro atoms. The van der Waals surface area contributed by atoms with E-state index < -0.39 is 65.1 Å². The first-order valence-electron chi connectivity index (χ1n) is 6.38. The Balaban J connectivity index is 3.23. The lowest BCUT2D eigenvalue weighted by Gasteiger charge is -2.09. The average molecular weight is 366 g/mol. The van der Waals surface area contributed by atoms with Crippen LogP contribution in [0.15, 0.2) is 24.3 Å². The van der Waals surface area contributed by atoms with E-state index in [1.54, 1.807) is 0 Å². The van der Waals surface area contributed by atoms with Gasteiger partial charge in [-0.15, -0.1) is 0 Å². The Labute approximate surface area is 141 Å². The van der Waals surface area contributed by atoms with E-state index in [-0.39, 0.29) is 0 Å². The fourth-order valence-electron chi connectivity index (χ4n) is 2.32. The molecule has 0 saturated heterocycles. The highest BCUT2D eigenvalue weighted by atomic mass is 16.7. The van der Waals surface area contributed by atoms with Gasteiger partial charge in [-0.05, 0) is 6.07 Å². The number of hydrogen-bond acceptors (Lipinski definition) is 10. The van der Waals surface area contributed by atoms with E-state index in [1.807, 2.05) is 0 Å². The van der Waals surface area contributed by atoms with Crippen molar-refractivity contribution in [1.82, 2.24) is 0 Å². The molecule has 0 atom stereocenters. The van der Waals surface area contributed by atoms with Crippen LogP contribution < -0.4 is 0 Å². The predicted molar refractivity (Wildman–Crippen MR) is 81.8 cm³/mol. The summed E-state index contributed by atoms with van der Waals surface area (Å²) in [6.07, 6.45) is 0. The van der Waals surface area contributed by atoms with Crippen molar-refractivity contribution in [1.29, 1.82) is 0 Å². The van der Waals surface area contributed by atoms with E-state index in [0.717, 1.165) is 12.1 Å². The number of aromatic hydroxyl groups is 2. The minimum Gasteiger partial charge on any atom is -0.507 e. The van der Waals surface area contributed by atoms with Gasteiger partial charge in [-0.2, -0.15) is 0 Å². The molecule has 0 aliphatic heterocycles. The largest absolute Gasteiger partial charge is 0.507 e. The van der Waals surface area contributed by atoms with Crippen molar-refractivity contribution < 1.29 is 29.9 Å². The van der Waals surface area contributed by atoms with Crippen molar-refractivity contribution in [3.05, 3.63) is 64.7 Å². The van der Waals surface area contributed by atoms with Gasteiger partial charge in [0.2, 0.25) is 5.75 Å². The summed E-state index contributed by atoms with van der Waals surface area (Å²) in [5.74, 6) is -2.26. The third-order valence-corrected chi connectivity index (χ3v) is 3.27. The standard InChI is InChI=1S/C12H6N4O10/c17-6-4-2-1-3-5(6)7-8(13(19)20)9(14(21)22)10(15(23)24)11(12(7)18)16(25)26/h1-4,17-18H. The fourth-order valence-corrected chi connectivity index (χ4v) is 2.32. The van der Waals surface area contributed by atoms with Gasteiger partial charge in [0.1, 0.15) is 11.3 Å². The summed E-state index contributed by atoms with van der Waals surface area (Å²) < 4.78 is 0. The lowest BCUT2D eigenvalue weighted by molar-refractivity contribution is -0.451. The molecule has 26 heavy (non-hydrogen) atoms. The normalized spacial score (nSPS) is 10.3. The van der Waals surface area contributed by atoms with Crippen molar-refractivity contribution in [3.8, 4) is 22.6 Å². The molecule has 0 aliphatic rings. The highest BCUT2D eigenvalue weighted by Gasteiger charge is 2.50. The van der Waals surface area contributed by atoms with Gasteiger partial charge in [-0.3, -0.25) is 40.5 Å². The van der Waals surface area contributed by atoms with E-state index in [4.69, 9.17) is 0 Å². The fraction of sp³-hybridized carbons (Fsp3) is 0. The van der Waals surface area contributed by atoms with Crippen LogP contribution in [0, 0.1) is 40.5 Å². The highest BCUT2D eigenvalue weighted by molar-refractivity contribution is 5.96. The van der Waals surface area contributed by atoms with Crippen molar-refractivity contribution in [3.63, 3.8) is 0 Å². The Bertz CT molecular complexity index is 986. The minimum atomic E-state index is -1.84. The smallest absolute Gasteiger partial charge is 0.433 e. The number of phenolic OH excluding ortho intramolecular Hbond substituents is 2. The summed E-state index contributed by atoms with van der Waals surface area (Å²) >= 11 is 0. The van der Waals surface area contributed by atoms with Crippen LogP contribution in [0.25, 0.3) is 11.1 Å². The van der Waals surface area contributed by atoms with Crippen molar-refractivity contribution >= 4 is 22.7 Å². The molecule has 0 amide bonds. The van der Waals surface area contributed by atoms with E-state index in [1.165, 1.54) is 12.1 Å². The summed E-state index contributed by atoms with van der Waals surface area (Å²) in [7, 11) is 0. The molecule has 0 heterocycles. The van der Waals surface area contributed by atoms with Gasteiger partial charge < -0.3 is 10.2 Å². The Morgan fingerprint density at radius 1 is 0.654 bits per heavy atom. The maximum Gasteiger partial charge on any atom is 0.433 e. The third-order valence-electron chi connectivity index (χ3n) is 3.27. The maximum atomic E-state index is 11.4. The molecule has 2 rings (SSSR count). The molecule has 14 heteroatoms. The molecule has 134 valence electrons. The summed E-state index contributed by atoms with van der Waals surface area (Å²) in [5.41, 5.74) is -8.54. The number of phenols is 2. The molecule has 2 aromatic carbocycles. The van der Waals surface area contributed by atoms with Gasteiger partial charge in [0, 0.05) is 5.56 Å². The van der Waals surface area contributed by atoms with Crippen LogP contribution in [0.5, 0.6) is 11.5 Å². The molecular formula is C12H6N4O10. The lowest BCUT2D eigenvalue weighted by atomic mass is 9.98. The van der Waals surface area contributed by atoms with Gasteiger partial charge in [0.05, 0.1) is 19.7 Å². The molecule has 0 fully saturated rings. The molecule has 0 unspecified atom stereocenters. The van der Waals surface area contributed by atoms with Gasteiger partial charge in [0.15, 0.2) is 0 Å². The molecular weight excluding hydrogens is 360 g/mol. The number of para-hydroxylation sites is 1. The van der Waals surface area contributed by atoms with Crippen LogP contribution in [-0.4, -0.2) is 29.9 Å². The number of nitro benzene ring substituents is 4. The first-order valence-corrected chi connectivity index (χ1v) is 6.38. The summed E-state index contributed by atoms with van der Waals surface area (Å²) in [4.78, 5) is 38.9. The quantitative estimate of drug-likeness (QED) is 0.581. The summed E-state index contributed by atoms with van der Waals surface area (Å²) in [6.45, 7) is 0. The highest BCUT2D eigenvalue weighted by Crippen LogP contribution is 2.56. The van der Waals surface area contributed by atoms with Crippen LogP contribution in [0.2, 0.25) is 0 Å². The molecule has 2 N–H and O–H groups in total. The van der Waals surface area contributed by atoms with E-state index in [2.05, 4.69) is 0 Å². The molecule has 0 aromatic heterocycles. The third kappa shape index (κ3) is 2.66. The molecule has 0 bridgehead atoms. The average Bonchev–Trinajstić information content (AvgIpc) is 2.53. The monoisotopic (exact) mass is 366 g/mol. The predicted octanol–water partition coefficient (Wildman–Crippen LogP) is 2.40. The van der Waals surface area contributed by atoms with Crippen molar-refractivity contribution in [2.75, 3.05) is 0 Å². The molecule has 0 saturated carbocycles. The number of hydrogen-bond donors (Lipinski definition) is 2. The minimum absolute atomic E-state index is 0.558. The lowest BCUT2D eigenvalue weighted by Crippen LogP contribution is -2.07. The van der Waals surface area contributed by atoms with Crippen LogP contribution >= 0.6 is 0 Å². The van der Waals surface area contributed by atoms with Crippen molar-refractivity contribution in [2.45, 2.75) is 0 Å². The van der Waals surface area contributed by atoms with E-state index >= 15 is 0 Å². The number of nitro groups is 4. The van der Waals surface area contributed by atoms with Crippen LogP contribution in [0.4, 0.5) is 22.7 Å². The van der Waals surface area contributed by atoms with E-state index in [9.17, 15) is 50.7 Å². The zero-order valence-corrected chi connectivity index (χ0v) is 12.3. The molecule has 0 radical (unpaired) electrons.